The number of rotatable bonds is 18. The minimum atomic E-state index is -0.547. The molecule has 2 heterocycles. The summed E-state index contributed by atoms with van der Waals surface area (Å²) in [5.41, 5.74) is 1.90. The lowest BCUT2D eigenvalue weighted by atomic mass is 9.89. The third-order valence-electron chi connectivity index (χ3n) is 8.13. The Morgan fingerprint density at radius 3 is 2.31 bits per heavy atom. The Morgan fingerprint density at radius 2 is 1.60 bits per heavy atom. The molecule has 0 aliphatic carbocycles. The van der Waals surface area contributed by atoms with Crippen LogP contribution in [0, 0.1) is 0 Å². The summed E-state index contributed by atoms with van der Waals surface area (Å²) in [5, 5.41) is 0.999. The van der Waals surface area contributed by atoms with Crippen LogP contribution in [0.1, 0.15) is 108 Å². The third kappa shape index (κ3) is 11.3. The predicted octanol–water partition coefficient (Wildman–Crippen LogP) is 8.76. The van der Waals surface area contributed by atoms with Crippen LogP contribution >= 0.6 is 0 Å². The number of likely N-dealkylation sites (tertiary alicyclic amines) is 1. The zero-order chi connectivity index (χ0) is 30.0. The third-order valence-corrected chi connectivity index (χ3v) is 8.13. The van der Waals surface area contributed by atoms with Crippen LogP contribution in [0.3, 0.4) is 0 Å². The molecule has 0 unspecified atom stereocenters. The van der Waals surface area contributed by atoms with E-state index in [1.165, 1.54) is 43.1 Å². The van der Waals surface area contributed by atoms with Gasteiger partial charge in [0, 0.05) is 18.0 Å². The molecule has 1 aromatic carbocycles. The van der Waals surface area contributed by atoms with E-state index in [0.29, 0.717) is 12.3 Å². The van der Waals surface area contributed by atoms with Gasteiger partial charge in [-0.1, -0.05) is 63.3 Å². The van der Waals surface area contributed by atoms with Crippen molar-refractivity contribution in [2.45, 2.75) is 103 Å². The normalized spacial score (nSPS) is 14.7. The lowest BCUT2D eigenvalue weighted by Crippen LogP contribution is -2.29. The highest BCUT2D eigenvalue weighted by Gasteiger charge is 2.24. The van der Waals surface area contributed by atoms with Crippen LogP contribution in [-0.2, 0) is 14.3 Å². The van der Waals surface area contributed by atoms with Crippen molar-refractivity contribution in [1.29, 1.82) is 0 Å². The first-order chi connectivity index (χ1) is 20.5. The maximum absolute atomic E-state index is 13.0. The van der Waals surface area contributed by atoms with Gasteiger partial charge in [-0.25, -0.2) is 4.79 Å². The zero-order valence-corrected chi connectivity index (χ0v) is 26.2. The molecular weight excluding hydrogens is 528 g/mol. The van der Waals surface area contributed by atoms with Crippen molar-refractivity contribution >= 4 is 23.0 Å². The number of carbonyl (C=O) groups excluding carboxylic acids is 2. The van der Waals surface area contributed by atoms with Crippen molar-refractivity contribution in [3.63, 3.8) is 0 Å². The first-order valence-corrected chi connectivity index (χ1v) is 16.0. The summed E-state index contributed by atoms with van der Waals surface area (Å²) >= 11 is 0. The average molecular weight is 581 g/mol. The average Bonchev–Trinajstić information content (AvgIpc) is 3.38. The van der Waals surface area contributed by atoms with Crippen molar-refractivity contribution < 1.29 is 23.8 Å². The highest BCUT2D eigenvalue weighted by molar-refractivity contribution is 5.93. The lowest BCUT2D eigenvalue weighted by molar-refractivity contribution is -0.151. The number of esters is 1. The molecule has 7 nitrogen and oxygen atoms in total. The summed E-state index contributed by atoms with van der Waals surface area (Å²) in [6.07, 6.45) is 25.3. The highest BCUT2D eigenvalue weighted by Crippen LogP contribution is 2.36. The molecule has 1 saturated heterocycles. The number of aromatic nitrogens is 1. The minimum Gasteiger partial charge on any atom is -0.497 e. The smallest absolute Gasteiger partial charge is 0.421 e. The molecule has 0 spiro atoms. The largest absolute Gasteiger partial charge is 0.497 e. The van der Waals surface area contributed by atoms with Crippen LogP contribution in [0.25, 0.3) is 10.9 Å². The first-order valence-electron chi connectivity index (χ1n) is 16.0. The number of nitrogens with zero attached hydrogens (tertiary/aromatic N) is 2. The van der Waals surface area contributed by atoms with Crippen LogP contribution in [-0.4, -0.2) is 55.6 Å². The Labute approximate surface area is 252 Å². The van der Waals surface area contributed by atoms with E-state index in [9.17, 15) is 9.59 Å². The number of hydrogen-bond acceptors (Lipinski definition) is 6. The van der Waals surface area contributed by atoms with Gasteiger partial charge in [0.15, 0.2) is 0 Å². The number of piperidine rings is 1. The van der Waals surface area contributed by atoms with Crippen molar-refractivity contribution in [3.05, 3.63) is 54.3 Å². The second kappa shape index (κ2) is 19.2. The number of ether oxygens (including phenoxy) is 3. The summed E-state index contributed by atoms with van der Waals surface area (Å²) in [4.78, 5) is 27.4. The number of unbranched alkanes of at least 4 members (excludes halogenated alkanes) is 8. The summed E-state index contributed by atoms with van der Waals surface area (Å²) < 4.78 is 17.5. The van der Waals surface area contributed by atoms with Gasteiger partial charge in [-0.3, -0.25) is 9.36 Å². The summed E-state index contributed by atoms with van der Waals surface area (Å²) in [5.74, 6) is 0.791. The molecule has 7 heteroatoms. The topological polar surface area (TPSA) is 70.0 Å². The molecule has 0 amide bonds. The van der Waals surface area contributed by atoms with Gasteiger partial charge in [0.1, 0.15) is 5.75 Å². The van der Waals surface area contributed by atoms with Gasteiger partial charge in [-0.2, -0.15) is 0 Å². The molecule has 0 saturated carbocycles. The van der Waals surface area contributed by atoms with Gasteiger partial charge in [0.05, 0.1) is 12.6 Å². The monoisotopic (exact) mass is 580 g/mol. The van der Waals surface area contributed by atoms with Crippen LogP contribution in [0.2, 0.25) is 0 Å². The number of hydrogen-bond donors (Lipinski definition) is 0. The molecule has 0 radical (unpaired) electrons. The van der Waals surface area contributed by atoms with Crippen LogP contribution in [0.4, 0.5) is 4.79 Å². The van der Waals surface area contributed by atoms with Gasteiger partial charge >= 0.3 is 12.1 Å². The van der Waals surface area contributed by atoms with E-state index in [4.69, 9.17) is 14.2 Å². The maximum atomic E-state index is 13.0. The lowest BCUT2D eigenvalue weighted by Gasteiger charge is -2.28. The molecule has 0 atom stereocenters. The number of fused-ring (bicyclic) bond motifs is 1. The fourth-order valence-corrected chi connectivity index (χ4v) is 5.53. The fourth-order valence-electron chi connectivity index (χ4n) is 5.53. The Bertz CT molecular complexity index is 1140. The molecule has 1 aromatic heterocycles. The van der Waals surface area contributed by atoms with E-state index < -0.39 is 6.09 Å². The van der Waals surface area contributed by atoms with E-state index in [-0.39, 0.29) is 12.8 Å². The molecule has 1 aliphatic rings. The second-order valence-electron chi connectivity index (χ2n) is 11.4. The van der Waals surface area contributed by atoms with E-state index in [0.717, 1.165) is 80.3 Å². The van der Waals surface area contributed by atoms with E-state index in [2.05, 4.69) is 43.2 Å². The van der Waals surface area contributed by atoms with Crippen molar-refractivity contribution in [3.8, 4) is 5.75 Å². The molecule has 42 heavy (non-hydrogen) atoms. The molecule has 232 valence electrons. The Morgan fingerprint density at radius 1 is 0.905 bits per heavy atom. The van der Waals surface area contributed by atoms with Gasteiger partial charge < -0.3 is 19.1 Å². The summed E-state index contributed by atoms with van der Waals surface area (Å²) in [6.45, 7) is 3.91. The van der Waals surface area contributed by atoms with E-state index in [1.54, 1.807) is 7.11 Å². The number of allylic oxidation sites excluding steroid dienone is 4. The molecule has 0 N–H and O–H groups in total. The van der Waals surface area contributed by atoms with Crippen LogP contribution in [0.15, 0.2) is 48.7 Å². The van der Waals surface area contributed by atoms with Crippen molar-refractivity contribution in [1.82, 2.24) is 9.47 Å². The molecule has 1 aliphatic heterocycles. The Kier molecular flexibility index (Phi) is 15.3. The van der Waals surface area contributed by atoms with Gasteiger partial charge in [-0.05, 0) is 101 Å². The fraction of sp³-hybridized carbons (Fsp3) is 0.600. The Hall–Kier alpha value is -3.06. The first kappa shape index (κ1) is 33.4. The number of carbonyl (C=O) groups is 2. The van der Waals surface area contributed by atoms with E-state index >= 15 is 0 Å². The van der Waals surface area contributed by atoms with Crippen molar-refractivity contribution in [2.75, 3.05) is 34.0 Å². The summed E-state index contributed by atoms with van der Waals surface area (Å²) in [6, 6.07) is 5.71. The standard InChI is InChI=1S/C35H52N2O5/c1-4-5-6-7-8-9-10-11-12-13-14-15-16-17-18-19-34(38)41-28-42-35(39)37-27-32(29-22-24-36(2)25-23-29)31-26-30(40-3)20-21-33(31)37/h8-9,11-12,20-21,26-27,29H,4-7,10,13-19,22-25,28H2,1-3H3/b9-8-,12-11-. The van der Waals surface area contributed by atoms with Crippen molar-refractivity contribution in [2.24, 2.45) is 0 Å². The van der Waals surface area contributed by atoms with Crippen LogP contribution in [0.5, 0.6) is 5.75 Å². The SMILES string of the molecule is CCCCC/C=C\C/C=C\CCCCCCCC(=O)OCOC(=O)n1cc(C2CCN(C)CC2)c2cc(OC)ccc21. The zero-order valence-electron chi connectivity index (χ0n) is 26.2. The molecule has 0 bridgehead atoms. The molecule has 3 rings (SSSR count). The van der Waals surface area contributed by atoms with E-state index in [1.807, 2.05) is 24.4 Å². The number of benzene rings is 1. The maximum Gasteiger partial charge on any atom is 0.421 e. The highest BCUT2D eigenvalue weighted by atomic mass is 16.7. The summed E-state index contributed by atoms with van der Waals surface area (Å²) in [7, 11) is 3.78. The Balaban J connectivity index is 1.31. The molecule has 1 fully saturated rings. The predicted molar refractivity (Wildman–Crippen MR) is 170 cm³/mol. The minimum absolute atomic E-state index is 0.331. The number of methoxy groups -OCH3 is 1. The quantitative estimate of drug-likeness (QED) is 0.0760. The second-order valence-corrected chi connectivity index (χ2v) is 11.4. The van der Waals surface area contributed by atoms with Gasteiger partial charge in [0.25, 0.3) is 0 Å². The van der Waals surface area contributed by atoms with Gasteiger partial charge in [0.2, 0.25) is 6.79 Å². The molecule has 2 aromatic rings. The molecular formula is C35H52N2O5. The van der Waals surface area contributed by atoms with Crippen LogP contribution < -0.4 is 4.74 Å². The van der Waals surface area contributed by atoms with Gasteiger partial charge in [-0.15, -0.1) is 0 Å².